The first-order valence-electron chi connectivity index (χ1n) is 6.01. The van der Waals surface area contributed by atoms with Crippen molar-refractivity contribution in [2.24, 2.45) is 0 Å². The molecule has 102 valence electrons. The minimum atomic E-state index is -3.28. The van der Waals surface area contributed by atoms with Gasteiger partial charge in [-0.15, -0.1) is 0 Å². The van der Waals surface area contributed by atoms with E-state index in [1.165, 1.54) is 6.26 Å². The normalized spacial score (nSPS) is 17.2. The first kappa shape index (κ1) is 13.8. The lowest BCUT2D eigenvalue weighted by Gasteiger charge is -2.34. The summed E-state index contributed by atoms with van der Waals surface area (Å²) in [5.74, 6) is 0.515. The fourth-order valence-electron chi connectivity index (χ4n) is 2.13. The van der Waals surface area contributed by atoms with Crippen molar-refractivity contribution in [3.63, 3.8) is 0 Å². The molecule has 1 aliphatic rings. The predicted octanol–water partition coefficient (Wildman–Crippen LogP) is 0.131. The first-order chi connectivity index (χ1) is 9.02. The predicted molar refractivity (Wildman–Crippen MR) is 71.6 cm³/mol. The van der Waals surface area contributed by atoms with Crippen LogP contribution in [0.25, 0.3) is 0 Å². The number of nitriles is 1. The molecule has 0 unspecified atom stereocenters. The molecule has 6 nitrogen and oxygen atoms in total. The second-order valence-corrected chi connectivity index (χ2v) is 6.50. The van der Waals surface area contributed by atoms with Crippen LogP contribution >= 0.6 is 0 Å². The zero-order chi connectivity index (χ0) is 13.9. The Labute approximate surface area is 113 Å². The van der Waals surface area contributed by atoms with Crippen molar-refractivity contribution in [1.82, 2.24) is 9.88 Å². The molecule has 0 amide bonds. The maximum atomic E-state index is 11.7. The molecule has 0 spiro atoms. The molecule has 0 saturated carbocycles. The molecule has 1 aromatic heterocycles. The number of hydrogen-bond acceptors (Lipinski definition) is 6. The van der Waals surface area contributed by atoms with Crippen LogP contribution in [0.5, 0.6) is 0 Å². The van der Waals surface area contributed by atoms with E-state index >= 15 is 0 Å². The fourth-order valence-corrected chi connectivity index (χ4v) is 2.97. The Balaban J connectivity index is 2.19. The Hall–Kier alpha value is -1.65. The van der Waals surface area contributed by atoms with E-state index in [0.29, 0.717) is 25.5 Å². The topological polar surface area (TPSA) is 77.3 Å². The zero-order valence-corrected chi connectivity index (χ0v) is 11.6. The van der Waals surface area contributed by atoms with E-state index in [2.05, 4.69) is 11.1 Å². The summed E-state index contributed by atoms with van der Waals surface area (Å²) in [6.07, 6.45) is 2.80. The summed E-state index contributed by atoms with van der Waals surface area (Å²) in [5.41, 5.74) is 0. The summed E-state index contributed by atoms with van der Waals surface area (Å²) in [6, 6.07) is 5.34. The number of rotatable bonds is 3. The molecule has 0 aliphatic carbocycles. The van der Waals surface area contributed by atoms with Gasteiger partial charge in [-0.3, -0.25) is 4.90 Å². The summed E-state index contributed by atoms with van der Waals surface area (Å²) < 4.78 is 23.5. The molecule has 1 saturated heterocycles. The zero-order valence-electron chi connectivity index (χ0n) is 10.8. The summed E-state index contributed by atoms with van der Waals surface area (Å²) in [4.78, 5) is 8.47. The molecule has 0 atom stereocenters. The van der Waals surface area contributed by atoms with Crippen LogP contribution in [0.15, 0.2) is 23.2 Å². The molecular weight excluding hydrogens is 264 g/mol. The van der Waals surface area contributed by atoms with Gasteiger partial charge in [0.15, 0.2) is 9.84 Å². The van der Waals surface area contributed by atoms with Gasteiger partial charge in [0, 0.05) is 38.6 Å². The molecule has 7 heteroatoms. The maximum Gasteiger partial charge on any atom is 0.179 e. The number of anilines is 1. The van der Waals surface area contributed by atoms with E-state index in [-0.39, 0.29) is 4.90 Å². The van der Waals surface area contributed by atoms with Gasteiger partial charge in [-0.1, -0.05) is 0 Å². The highest BCUT2D eigenvalue weighted by molar-refractivity contribution is 7.90. The first-order valence-corrected chi connectivity index (χ1v) is 7.91. The molecule has 0 bridgehead atoms. The minimum absolute atomic E-state index is 0.267. The van der Waals surface area contributed by atoms with Gasteiger partial charge in [0.1, 0.15) is 10.7 Å². The van der Waals surface area contributed by atoms with E-state index in [9.17, 15) is 8.42 Å². The van der Waals surface area contributed by atoms with E-state index in [4.69, 9.17) is 5.26 Å². The van der Waals surface area contributed by atoms with Crippen LogP contribution in [0.4, 0.5) is 5.82 Å². The minimum Gasteiger partial charge on any atom is -0.353 e. The third-order valence-corrected chi connectivity index (χ3v) is 4.23. The van der Waals surface area contributed by atoms with Gasteiger partial charge in [0.2, 0.25) is 0 Å². The van der Waals surface area contributed by atoms with Gasteiger partial charge >= 0.3 is 0 Å². The molecule has 1 aliphatic heterocycles. The van der Waals surface area contributed by atoms with Crippen LogP contribution in [0.2, 0.25) is 0 Å². The van der Waals surface area contributed by atoms with Crippen molar-refractivity contribution in [2.45, 2.75) is 4.90 Å². The Morgan fingerprint density at radius 3 is 2.63 bits per heavy atom. The molecule has 0 N–H and O–H groups in total. The monoisotopic (exact) mass is 280 g/mol. The van der Waals surface area contributed by atoms with Crippen molar-refractivity contribution < 1.29 is 8.42 Å². The second kappa shape index (κ2) is 5.55. The van der Waals surface area contributed by atoms with Crippen LogP contribution in [0.3, 0.4) is 0 Å². The average Bonchev–Trinajstić information content (AvgIpc) is 2.39. The Kier molecular flexibility index (Phi) is 4.02. The van der Waals surface area contributed by atoms with Crippen molar-refractivity contribution in [3.8, 4) is 6.07 Å². The van der Waals surface area contributed by atoms with Crippen molar-refractivity contribution in [3.05, 3.63) is 18.3 Å². The summed E-state index contributed by atoms with van der Waals surface area (Å²) in [6.45, 7) is 3.26. The van der Waals surface area contributed by atoms with Crippen LogP contribution in [-0.4, -0.2) is 57.3 Å². The lowest BCUT2D eigenvalue weighted by atomic mass is 10.3. The largest absolute Gasteiger partial charge is 0.353 e. The van der Waals surface area contributed by atoms with Crippen molar-refractivity contribution >= 4 is 15.7 Å². The number of sulfone groups is 1. The lowest BCUT2D eigenvalue weighted by molar-refractivity contribution is 0.286. The second-order valence-electron chi connectivity index (χ2n) is 4.52. The highest BCUT2D eigenvalue weighted by Crippen LogP contribution is 2.23. The Morgan fingerprint density at radius 1 is 1.37 bits per heavy atom. The van der Waals surface area contributed by atoms with E-state index < -0.39 is 9.84 Å². The van der Waals surface area contributed by atoms with Crippen LogP contribution in [0, 0.1) is 11.3 Å². The SMILES string of the molecule is CS(=O)(=O)c1cccnc1N1CCN(CC#N)CC1. The van der Waals surface area contributed by atoms with Crippen molar-refractivity contribution in [2.75, 3.05) is 43.9 Å². The van der Waals surface area contributed by atoms with Crippen LogP contribution in [-0.2, 0) is 9.84 Å². The number of aromatic nitrogens is 1. The van der Waals surface area contributed by atoms with Gasteiger partial charge < -0.3 is 4.90 Å². The van der Waals surface area contributed by atoms with E-state index in [1.54, 1.807) is 18.3 Å². The molecule has 2 heterocycles. The molecule has 0 aromatic carbocycles. The molecule has 1 fully saturated rings. The van der Waals surface area contributed by atoms with Gasteiger partial charge in [-0.05, 0) is 12.1 Å². The van der Waals surface area contributed by atoms with Crippen molar-refractivity contribution in [1.29, 1.82) is 5.26 Å². The van der Waals surface area contributed by atoms with Gasteiger partial charge in [-0.2, -0.15) is 5.26 Å². The Morgan fingerprint density at radius 2 is 2.05 bits per heavy atom. The maximum absolute atomic E-state index is 11.7. The summed E-state index contributed by atoms with van der Waals surface area (Å²) >= 11 is 0. The molecule has 2 rings (SSSR count). The Bertz CT molecular complexity index is 586. The summed E-state index contributed by atoms with van der Waals surface area (Å²) in [7, 11) is -3.28. The third-order valence-electron chi connectivity index (χ3n) is 3.12. The third kappa shape index (κ3) is 3.22. The average molecular weight is 280 g/mol. The number of nitrogens with zero attached hydrogens (tertiary/aromatic N) is 4. The van der Waals surface area contributed by atoms with Gasteiger partial charge in [0.05, 0.1) is 12.6 Å². The highest BCUT2D eigenvalue weighted by Gasteiger charge is 2.23. The lowest BCUT2D eigenvalue weighted by Crippen LogP contribution is -2.47. The van der Waals surface area contributed by atoms with Gasteiger partial charge in [-0.25, -0.2) is 13.4 Å². The molecule has 1 aromatic rings. The smallest absolute Gasteiger partial charge is 0.179 e. The molecular formula is C12H16N4O2S. The number of pyridine rings is 1. The molecule has 0 radical (unpaired) electrons. The summed E-state index contributed by atoms with van der Waals surface area (Å²) in [5, 5.41) is 8.66. The molecule has 19 heavy (non-hydrogen) atoms. The van der Waals surface area contributed by atoms with E-state index in [0.717, 1.165) is 13.1 Å². The number of hydrogen-bond donors (Lipinski definition) is 0. The van der Waals surface area contributed by atoms with Crippen LogP contribution < -0.4 is 4.90 Å². The van der Waals surface area contributed by atoms with Gasteiger partial charge in [0.25, 0.3) is 0 Å². The van der Waals surface area contributed by atoms with Crippen LogP contribution in [0.1, 0.15) is 0 Å². The number of piperazine rings is 1. The fraction of sp³-hybridized carbons (Fsp3) is 0.500. The quantitative estimate of drug-likeness (QED) is 0.732. The standard InChI is InChI=1S/C12H16N4O2S/c1-19(17,18)11-3-2-5-14-12(11)16-9-7-15(6-4-13)8-10-16/h2-3,5H,6-10H2,1H3. The van der Waals surface area contributed by atoms with E-state index in [1.807, 2.05) is 9.80 Å². The highest BCUT2D eigenvalue weighted by atomic mass is 32.2.